The molecule has 21 heavy (non-hydrogen) atoms. The molecule has 120 valence electrons. The van der Waals surface area contributed by atoms with Gasteiger partial charge in [-0.25, -0.2) is 13.1 Å². The normalized spacial score (nSPS) is 13.6. The summed E-state index contributed by atoms with van der Waals surface area (Å²) in [5.41, 5.74) is 8.23. The molecule has 0 amide bonds. The monoisotopic (exact) mass is 312 g/mol. The minimum absolute atomic E-state index is 0.288. The predicted octanol–water partition coefficient (Wildman–Crippen LogP) is 2.96. The molecule has 1 rings (SSSR count). The number of sulfonamides is 1. The summed E-state index contributed by atoms with van der Waals surface area (Å²) in [7, 11) is -3.52. The Balaban J connectivity index is 3.15. The molecule has 0 radical (unpaired) electrons. The van der Waals surface area contributed by atoms with E-state index in [1.165, 1.54) is 0 Å². The van der Waals surface area contributed by atoms with Gasteiger partial charge in [-0.2, -0.15) is 0 Å². The van der Waals surface area contributed by atoms with E-state index < -0.39 is 10.0 Å². The first-order chi connectivity index (χ1) is 9.72. The van der Waals surface area contributed by atoms with E-state index in [2.05, 4.69) is 18.6 Å². The van der Waals surface area contributed by atoms with Gasteiger partial charge >= 0.3 is 0 Å². The zero-order chi connectivity index (χ0) is 16.2. The third-order valence-electron chi connectivity index (χ3n) is 4.09. The second-order valence-electron chi connectivity index (χ2n) is 5.94. The van der Waals surface area contributed by atoms with Gasteiger partial charge in [-0.1, -0.05) is 34.6 Å². The smallest absolute Gasteiger partial charge is 0.240 e. The number of benzene rings is 1. The summed E-state index contributed by atoms with van der Waals surface area (Å²) in [5.74, 6) is 0.724. The quantitative estimate of drug-likeness (QED) is 0.760. The summed E-state index contributed by atoms with van der Waals surface area (Å²) in [6.45, 7) is 10.6. The highest BCUT2D eigenvalue weighted by atomic mass is 32.2. The Morgan fingerprint density at radius 2 is 1.76 bits per heavy atom. The molecule has 0 saturated carbocycles. The van der Waals surface area contributed by atoms with Gasteiger partial charge in [0.2, 0.25) is 10.0 Å². The summed E-state index contributed by atoms with van der Waals surface area (Å²) in [5, 5.41) is 0. The molecular formula is C16H28N2O2S. The summed E-state index contributed by atoms with van der Waals surface area (Å²) >= 11 is 0. The molecule has 4 nitrogen and oxygen atoms in total. The molecule has 5 heteroatoms. The van der Waals surface area contributed by atoms with Crippen molar-refractivity contribution in [2.75, 3.05) is 12.3 Å². The van der Waals surface area contributed by atoms with Crippen molar-refractivity contribution in [1.29, 1.82) is 0 Å². The second-order valence-corrected chi connectivity index (χ2v) is 7.68. The highest BCUT2D eigenvalue weighted by Gasteiger charge is 2.21. The van der Waals surface area contributed by atoms with E-state index in [4.69, 9.17) is 5.73 Å². The van der Waals surface area contributed by atoms with Gasteiger partial charge in [0.1, 0.15) is 0 Å². The number of nitrogen functional groups attached to an aromatic ring is 1. The Labute approximate surface area is 129 Å². The topological polar surface area (TPSA) is 72.2 Å². The summed E-state index contributed by atoms with van der Waals surface area (Å²) < 4.78 is 27.9. The van der Waals surface area contributed by atoms with Crippen molar-refractivity contribution in [3.63, 3.8) is 0 Å². The van der Waals surface area contributed by atoms with Crippen LogP contribution < -0.4 is 10.5 Å². The molecule has 0 fully saturated rings. The number of aryl methyl sites for hydroxylation is 1. The number of rotatable bonds is 7. The van der Waals surface area contributed by atoms with E-state index in [0.29, 0.717) is 35.0 Å². The number of nitrogens with two attached hydrogens (primary N) is 1. The number of hydrogen-bond acceptors (Lipinski definition) is 3. The van der Waals surface area contributed by atoms with Crippen LogP contribution in [0.1, 0.15) is 45.7 Å². The fraction of sp³-hybridized carbons (Fsp3) is 0.625. The first-order valence-electron chi connectivity index (χ1n) is 7.63. The van der Waals surface area contributed by atoms with Crippen LogP contribution in [0.15, 0.2) is 17.0 Å². The zero-order valence-electron chi connectivity index (χ0n) is 13.7. The van der Waals surface area contributed by atoms with Crippen molar-refractivity contribution in [2.45, 2.75) is 52.4 Å². The molecule has 0 aliphatic rings. The molecule has 1 aromatic rings. The highest BCUT2D eigenvalue weighted by Crippen LogP contribution is 2.25. The van der Waals surface area contributed by atoms with E-state index in [1.54, 1.807) is 6.07 Å². The fourth-order valence-corrected chi connectivity index (χ4v) is 3.63. The summed E-state index contributed by atoms with van der Waals surface area (Å²) in [6, 6.07) is 3.62. The number of nitrogens with one attached hydrogen (secondary N) is 1. The van der Waals surface area contributed by atoms with Gasteiger partial charge in [0.05, 0.1) is 4.90 Å². The molecule has 0 heterocycles. The van der Waals surface area contributed by atoms with Crippen LogP contribution in [0.2, 0.25) is 0 Å². The maximum absolute atomic E-state index is 12.6. The minimum Gasteiger partial charge on any atom is -0.398 e. The maximum atomic E-state index is 12.6. The second kappa shape index (κ2) is 7.27. The van der Waals surface area contributed by atoms with Crippen LogP contribution in [0, 0.1) is 11.8 Å². The van der Waals surface area contributed by atoms with Crippen molar-refractivity contribution in [1.82, 2.24) is 4.72 Å². The Bertz CT molecular complexity index is 580. The van der Waals surface area contributed by atoms with E-state index in [1.807, 2.05) is 26.8 Å². The van der Waals surface area contributed by atoms with E-state index in [9.17, 15) is 8.42 Å². The Hall–Kier alpha value is -1.07. The SMILES string of the molecule is CCc1cc(N)c(CC)c(S(=O)(=O)NCC(C)C(C)C)c1. The van der Waals surface area contributed by atoms with Crippen molar-refractivity contribution in [3.05, 3.63) is 23.3 Å². The zero-order valence-corrected chi connectivity index (χ0v) is 14.5. The molecule has 0 aliphatic heterocycles. The van der Waals surface area contributed by atoms with Gasteiger partial charge in [-0.05, 0) is 47.9 Å². The minimum atomic E-state index is -3.52. The molecule has 0 spiro atoms. The van der Waals surface area contributed by atoms with Crippen LogP contribution in [-0.2, 0) is 22.9 Å². The molecular weight excluding hydrogens is 284 g/mol. The van der Waals surface area contributed by atoms with Crippen molar-refractivity contribution < 1.29 is 8.42 Å². The standard InChI is InChI=1S/C16H28N2O2S/c1-6-13-8-15(17)14(7-2)16(9-13)21(19,20)18-10-12(5)11(3)4/h8-9,11-12,18H,6-7,10,17H2,1-5H3. The molecule has 0 saturated heterocycles. The van der Waals surface area contributed by atoms with Crippen molar-refractivity contribution in [2.24, 2.45) is 11.8 Å². The van der Waals surface area contributed by atoms with Crippen LogP contribution in [0.3, 0.4) is 0 Å². The fourth-order valence-electron chi connectivity index (χ4n) is 2.10. The Morgan fingerprint density at radius 1 is 1.14 bits per heavy atom. The van der Waals surface area contributed by atoms with Crippen molar-refractivity contribution in [3.8, 4) is 0 Å². The average molecular weight is 312 g/mol. The molecule has 1 unspecified atom stereocenters. The molecule has 1 aromatic carbocycles. The van der Waals surface area contributed by atoms with E-state index in [-0.39, 0.29) is 5.92 Å². The lowest BCUT2D eigenvalue weighted by molar-refractivity contribution is 0.414. The molecule has 0 aliphatic carbocycles. The third kappa shape index (κ3) is 4.45. The van der Waals surface area contributed by atoms with Gasteiger partial charge in [0.25, 0.3) is 0 Å². The van der Waals surface area contributed by atoms with E-state index >= 15 is 0 Å². The molecule has 0 bridgehead atoms. The average Bonchev–Trinajstić information content (AvgIpc) is 2.43. The third-order valence-corrected chi connectivity index (χ3v) is 5.58. The van der Waals surface area contributed by atoms with Gasteiger partial charge < -0.3 is 5.73 Å². The Kier molecular flexibility index (Phi) is 6.23. The van der Waals surface area contributed by atoms with Crippen LogP contribution in [0.4, 0.5) is 5.69 Å². The first-order valence-corrected chi connectivity index (χ1v) is 9.12. The molecule has 3 N–H and O–H groups in total. The largest absolute Gasteiger partial charge is 0.398 e. The summed E-state index contributed by atoms with van der Waals surface area (Å²) in [4.78, 5) is 0.331. The van der Waals surface area contributed by atoms with Crippen molar-refractivity contribution >= 4 is 15.7 Å². The first kappa shape index (κ1) is 18.0. The lowest BCUT2D eigenvalue weighted by atomic mass is 9.99. The molecule has 1 atom stereocenters. The Morgan fingerprint density at radius 3 is 2.24 bits per heavy atom. The van der Waals surface area contributed by atoms with Crippen LogP contribution >= 0.6 is 0 Å². The number of hydrogen-bond donors (Lipinski definition) is 2. The number of anilines is 1. The van der Waals surface area contributed by atoms with Crippen LogP contribution in [0.25, 0.3) is 0 Å². The highest BCUT2D eigenvalue weighted by molar-refractivity contribution is 7.89. The predicted molar refractivity (Wildman–Crippen MR) is 88.8 cm³/mol. The molecule has 0 aromatic heterocycles. The van der Waals surface area contributed by atoms with E-state index in [0.717, 1.165) is 12.0 Å². The van der Waals surface area contributed by atoms with Crippen LogP contribution in [-0.4, -0.2) is 15.0 Å². The van der Waals surface area contributed by atoms with Gasteiger partial charge in [0.15, 0.2) is 0 Å². The maximum Gasteiger partial charge on any atom is 0.240 e. The summed E-state index contributed by atoms with van der Waals surface area (Å²) in [6.07, 6.45) is 1.37. The lowest BCUT2D eigenvalue weighted by Gasteiger charge is -2.18. The lowest BCUT2D eigenvalue weighted by Crippen LogP contribution is -2.31. The van der Waals surface area contributed by atoms with Gasteiger partial charge in [-0.3, -0.25) is 0 Å². The van der Waals surface area contributed by atoms with Crippen LogP contribution in [0.5, 0.6) is 0 Å². The van der Waals surface area contributed by atoms with Gasteiger partial charge in [0, 0.05) is 12.2 Å². The van der Waals surface area contributed by atoms with Gasteiger partial charge in [-0.15, -0.1) is 0 Å².